The largest absolute Gasteiger partial charge is 0.389 e. The van der Waals surface area contributed by atoms with Crippen molar-refractivity contribution in [2.75, 3.05) is 0 Å². The highest BCUT2D eigenvalue weighted by atomic mass is 16.3. The predicted molar refractivity (Wildman–Crippen MR) is 65.3 cm³/mol. The Morgan fingerprint density at radius 3 is 2.44 bits per heavy atom. The van der Waals surface area contributed by atoms with Crippen molar-refractivity contribution >= 4 is 0 Å². The molecule has 0 aliphatic heterocycles. The van der Waals surface area contributed by atoms with Gasteiger partial charge in [0.25, 0.3) is 0 Å². The van der Waals surface area contributed by atoms with Gasteiger partial charge in [0.2, 0.25) is 0 Å². The summed E-state index contributed by atoms with van der Waals surface area (Å²) in [7, 11) is 0. The van der Waals surface area contributed by atoms with E-state index in [1.807, 2.05) is 6.07 Å². The summed E-state index contributed by atoms with van der Waals surface area (Å²) in [5.74, 6) is 1.54. The maximum atomic E-state index is 10.8. The van der Waals surface area contributed by atoms with E-state index in [-0.39, 0.29) is 5.60 Å². The van der Waals surface area contributed by atoms with Crippen LogP contribution in [0.5, 0.6) is 0 Å². The highest BCUT2D eigenvalue weighted by Gasteiger charge is 2.68. The highest BCUT2D eigenvalue weighted by Crippen LogP contribution is 2.66. The molecule has 3 rings (SSSR count). The fourth-order valence-corrected chi connectivity index (χ4v) is 4.00. The summed E-state index contributed by atoms with van der Waals surface area (Å²) >= 11 is 0. The average Bonchev–Trinajstić information content (AvgIpc) is 2.70. The number of rotatable bonds is 3. The first-order valence-electron chi connectivity index (χ1n) is 6.55. The van der Waals surface area contributed by atoms with Crippen molar-refractivity contribution in [2.24, 2.45) is 11.8 Å². The van der Waals surface area contributed by atoms with Gasteiger partial charge < -0.3 is 5.11 Å². The van der Waals surface area contributed by atoms with E-state index in [0.717, 1.165) is 6.42 Å². The van der Waals surface area contributed by atoms with Crippen molar-refractivity contribution in [3.05, 3.63) is 35.9 Å². The second kappa shape index (κ2) is 3.59. The Morgan fingerprint density at radius 2 is 1.88 bits per heavy atom. The van der Waals surface area contributed by atoms with Crippen molar-refractivity contribution in [2.45, 2.75) is 44.1 Å². The van der Waals surface area contributed by atoms with Crippen LogP contribution < -0.4 is 0 Å². The lowest BCUT2D eigenvalue weighted by molar-refractivity contribution is 0.0741. The summed E-state index contributed by atoms with van der Waals surface area (Å²) in [5, 5.41) is 10.8. The fourth-order valence-electron chi connectivity index (χ4n) is 4.00. The van der Waals surface area contributed by atoms with Crippen LogP contribution in [-0.4, -0.2) is 10.7 Å². The van der Waals surface area contributed by atoms with Crippen LogP contribution in [0, 0.1) is 11.8 Å². The molecule has 86 valence electrons. The molecule has 1 nitrogen and oxygen atoms in total. The fraction of sp³-hybridized carbons (Fsp3) is 0.600. The molecule has 1 heteroatoms. The first-order chi connectivity index (χ1) is 7.78. The van der Waals surface area contributed by atoms with Crippen LogP contribution in [-0.2, 0) is 0 Å². The minimum absolute atomic E-state index is 0.351. The Kier molecular flexibility index (Phi) is 2.32. The number of fused-ring (bicyclic) bond motifs is 1. The summed E-state index contributed by atoms with van der Waals surface area (Å²) in [6.45, 7) is 2.20. The first-order valence-corrected chi connectivity index (χ1v) is 6.55. The summed E-state index contributed by atoms with van der Waals surface area (Å²) in [5.41, 5.74) is 0.954. The number of hydrogen-bond donors (Lipinski definition) is 1. The third kappa shape index (κ3) is 1.27. The molecule has 16 heavy (non-hydrogen) atoms. The van der Waals surface area contributed by atoms with Gasteiger partial charge in [-0.05, 0) is 36.7 Å². The molecular formula is C15H20O. The molecule has 2 aliphatic carbocycles. The molecule has 0 bridgehead atoms. The third-order valence-corrected chi connectivity index (χ3v) is 4.76. The number of aliphatic hydroxyl groups is 1. The van der Waals surface area contributed by atoms with Gasteiger partial charge in [0.05, 0.1) is 5.60 Å². The molecule has 0 spiro atoms. The highest BCUT2D eigenvalue weighted by molar-refractivity contribution is 5.30. The lowest BCUT2D eigenvalue weighted by Gasteiger charge is -2.25. The van der Waals surface area contributed by atoms with Crippen LogP contribution in [0.3, 0.4) is 0 Å². The first kappa shape index (κ1) is 10.3. The van der Waals surface area contributed by atoms with E-state index in [0.29, 0.717) is 17.8 Å². The summed E-state index contributed by atoms with van der Waals surface area (Å²) in [6.07, 6.45) is 4.85. The molecule has 0 radical (unpaired) electrons. The Morgan fingerprint density at radius 1 is 1.25 bits per heavy atom. The van der Waals surface area contributed by atoms with Crippen molar-refractivity contribution in [3.63, 3.8) is 0 Å². The van der Waals surface area contributed by atoms with E-state index in [1.54, 1.807) is 0 Å². The topological polar surface area (TPSA) is 20.2 Å². The van der Waals surface area contributed by atoms with Crippen LogP contribution in [0.25, 0.3) is 0 Å². The standard InChI is InChI=1S/C15H20O/c1-2-12(11-7-4-3-5-8-11)15(16)13-9-6-10-14(13)15/h3-5,7-8,12-14,16H,2,6,9-10H2,1H3. The zero-order valence-corrected chi connectivity index (χ0v) is 9.89. The molecular weight excluding hydrogens is 196 g/mol. The van der Waals surface area contributed by atoms with Gasteiger partial charge in [-0.2, -0.15) is 0 Å². The van der Waals surface area contributed by atoms with E-state index in [4.69, 9.17) is 0 Å². The van der Waals surface area contributed by atoms with E-state index in [9.17, 15) is 5.11 Å². The molecule has 1 aromatic carbocycles. The van der Waals surface area contributed by atoms with Gasteiger partial charge in [0.1, 0.15) is 0 Å². The summed E-state index contributed by atoms with van der Waals surface area (Å²) in [4.78, 5) is 0. The van der Waals surface area contributed by atoms with Gasteiger partial charge in [-0.25, -0.2) is 0 Å². The predicted octanol–water partition coefficient (Wildman–Crippen LogP) is 3.34. The zero-order valence-electron chi connectivity index (χ0n) is 9.89. The Labute approximate surface area is 97.5 Å². The van der Waals surface area contributed by atoms with Crippen LogP contribution >= 0.6 is 0 Å². The summed E-state index contributed by atoms with van der Waals surface area (Å²) < 4.78 is 0. The smallest absolute Gasteiger partial charge is 0.0779 e. The molecule has 2 aliphatic rings. The number of hydrogen-bond acceptors (Lipinski definition) is 1. The van der Waals surface area contributed by atoms with Gasteiger partial charge >= 0.3 is 0 Å². The Bertz CT molecular complexity index is 360. The quantitative estimate of drug-likeness (QED) is 0.821. The van der Waals surface area contributed by atoms with Crippen molar-refractivity contribution < 1.29 is 5.11 Å². The molecule has 2 saturated carbocycles. The normalized spacial score (nSPS) is 38.1. The molecule has 3 atom stereocenters. The van der Waals surface area contributed by atoms with Crippen molar-refractivity contribution in [1.82, 2.24) is 0 Å². The SMILES string of the molecule is CCC(c1ccccc1)C1(O)C2CCCC21. The van der Waals surface area contributed by atoms with Crippen molar-refractivity contribution in [3.8, 4) is 0 Å². The molecule has 3 unspecified atom stereocenters. The molecule has 1 aromatic rings. The number of benzene rings is 1. The van der Waals surface area contributed by atoms with E-state index >= 15 is 0 Å². The second-order valence-electron chi connectivity index (χ2n) is 5.40. The summed E-state index contributed by atoms with van der Waals surface area (Å²) in [6, 6.07) is 10.5. The minimum Gasteiger partial charge on any atom is -0.389 e. The monoisotopic (exact) mass is 216 g/mol. The van der Waals surface area contributed by atoms with Gasteiger partial charge in [0.15, 0.2) is 0 Å². The van der Waals surface area contributed by atoms with Gasteiger partial charge in [0, 0.05) is 5.92 Å². The Hall–Kier alpha value is -0.820. The molecule has 2 fully saturated rings. The van der Waals surface area contributed by atoms with Gasteiger partial charge in [-0.15, -0.1) is 0 Å². The van der Waals surface area contributed by atoms with Crippen LogP contribution in [0.1, 0.15) is 44.1 Å². The lowest BCUT2D eigenvalue weighted by Crippen LogP contribution is -2.25. The lowest BCUT2D eigenvalue weighted by atomic mass is 9.85. The molecule has 0 amide bonds. The van der Waals surface area contributed by atoms with Gasteiger partial charge in [-0.3, -0.25) is 0 Å². The van der Waals surface area contributed by atoms with Crippen LogP contribution in [0.2, 0.25) is 0 Å². The maximum Gasteiger partial charge on any atom is 0.0779 e. The van der Waals surface area contributed by atoms with E-state index in [2.05, 4.69) is 31.2 Å². The van der Waals surface area contributed by atoms with Crippen LogP contribution in [0.4, 0.5) is 0 Å². The van der Waals surface area contributed by atoms with Crippen LogP contribution in [0.15, 0.2) is 30.3 Å². The minimum atomic E-state index is -0.367. The van der Waals surface area contributed by atoms with Crippen molar-refractivity contribution in [1.29, 1.82) is 0 Å². The Balaban J connectivity index is 1.88. The average molecular weight is 216 g/mol. The maximum absolute atomic E-state index is 10.8. The zero-order chi connectivity index (χ0) is 11.2. The van der Waals surface area contributed by atoms with Gasteiger partial charge in [-0.1, -0.05) is 43.7 Å². The second-order valence-corrected chi connectivity index (χ2v) is 5.40. The molecule has 0 heterocycles. The molecule has 1 N–H and O–H groups in total. The third-order valence-electron chi connectivity index (χ3n) is 4.76. The van der Waals surface area contributed by atoms with E-state index < -0.39 is 0 Å². The molecule has 0 saturated heterocycles. The van der Waals surface area contributed by atoms with E-state index in [1.165, 1.54) is 24.8 Å². The molecule has 0 aromatic heterocycles.